The first-order valence-corrected chi connectivity index (χ1v) is 5.74. The number of hydrogen-bond donors (Lipinski definition) is 1. The van der Waals surface area contributed by atoms with E-state index in [4.69, 9.17) is 0 Å². The molecule has 0 unspecified atom stereocenters. The van der Waals surface area contributed by atoms with Crippen LogP contribution in [0.15, 0.2) is 28.9 Å². The number of nitrogens with one attached hydrogen (secondary N) is 1. The highest BCUT2D eigenvalue weighted by atomic mass is 19.1. The molecule has 0 aliphatic rings. The van der Waals surface area contributed by atoms with Crippen molar-refractivity contribution in [1.82, 2.24) is 5.43 Å². The van der Waals surface area contributed by atoms with Gasteiger partial charge in [-0.05, 0) is 38.7 Å². The standard InChI is InChI=1S/C13H23FN2/c1-5-6-7-8-12(11-16-15-4)9-10-13(2,3)14/h6-8,11,15H,5,9-10H2,1-4H3/b7-6+,12-8-,16-11-. The molecule has 0 saturated carbocycles. The van der Waals surface area contributed by atoms with Gasteiger partial charge in [0, 0.05) is 13.3 Å². The zero-order chi connectivity index (χ0) is 12.4. The molecule has 0 amide bonds. The minimum absolute atomic E-state index is 0.508. The molecule has 0 aromatic rings. The molecule has 0 bridgehead atoms. The van der Waals surface area contributed by atoms with Gasteiger partial charge in [0.05, 0.1) is 0 Å². The van der Waals surface area contributed by atoms with Crippen molar-refractivity contribution in [1.29, 1.82) is 0 Å². The Hall–Kier alpha value is -1.12. The Kier molecular flexibility index (Phi) is 7.52. The van der Waals surface area contributed by atoms with Crippen LogP contribution in [0, 0.1) is 0 Å². The third-order valence-electron chi connectivity index (χ3n) is 2.05. The summed E-state index contributed by atoms with van der Waals surface area (Å²) in [5, 5.41) is 3.95. The Morgan fingerprint density at radius 3 is 2.62 bits per heavy atom. The van der Waals surface area contributed by atoms with Crippen molar-refractivity contribution >= 4 is 6.21 Å². The molecule has 16 heavy (non-hydrogen) atoms. The molecule has 3 heteroatoms. The van der Waals surface area contributed by atoms with Crippen LogP contribution in [0.2, 0.25) is 0 Å². The van der Waals surface area contributed by atoms with Crippen LogP contribution < -0.4 is 5.43 Å². The number of halogens is 1. The van der Waals surface area contributed by atoms with E-state index in [1.165, 1.54) is 0 Å². The van der Waals surface area contributed by atoms with E-state index in [1.54, 1.807) is 27.1 Å². The van der Waals surface area contributed by atoms with Crippen LogP contribution in [-0.2, 0) is 0 Å². The number of nitrogens with zero attached hydrogens (tertiary/aromatic N) is 1. The van der Waals surface area contributed by atoms with Crippen LogP contribution >= 0.6 is 0 Å². The average molecular weight is 226 g/mol. The molecule has 2 nitrogen and oxygen atoms in total. The third kappa shape index (κ3) is 9.44. The smallest absolute Gasteiger partial charge is 0.105 e. The lowest BCUT2D eigenvalue weighted by Gasteiger charge is -2.13. The van der Waals surface area contributed by atoms with Crippen LogP contribution in [0.3, 0.4) is 0 Å². The Morgan fingerprint density at radius 1 is 1.44 bits per heavy atom. The van der Waals surface area contributed by atoms with E-state index in [0.717, 1.165) is 12.0 Å². The predicted molar refractivity (Wildman–Crippen MR) is 69.5 cm³/mol. The van der Waals surface area contributed by atoms with Crippen LogP contribution in [0.5, 0.6) is 0 Å². The van der Waals surface area contributed by atoms with Crippen molar-refractivity contribution in [2.24, 2.45) is 5.10 Å². The number of allylic oxidation sites excluding steroid dienone is 4. The minimum atomic E-state index is -1.12. The number of rotatable bonds is 7. The molecule has 0 aromatic carbocycles. The van der Waals surface area contributed by atoms with Gasteiger partial charge in [0.15, 0.2) is 0 Å². The van der Waals surface area contributed by atoms with E-state index in [1.807, 2.05) is 12.2 Å². The summed E-state index contributed by atoms with van der Waals surface area (Å²) in [6, 6.07) is 0. The van der Waals surface area contributed by atoms with Crippen molar-refractivity contribution < 1.29 is 4.39 Å². The molecular weight excluding hydrogens is 203 g/mol. The Labute approximate surface area is 98.3 Å². The van der Waals surface area contributed by atoms with E-state index in [9.17, 15) is 4.39 Å². The summed E-state index contributed by atoms with van der Waals surface area (Å²) in [5.74, 6) is 0. The largest absolute Gasteiger partial charge is 0.313 e. The summed E-state index contributed by atoms with van der Waals surface area (Å²) >= 11 is 0. The molecule has 0 atom stereocenters. The van der Waals surface area contributed by atoms with Crippen LogP contribution in [0.4, 0.5) is 4.39 Å². The zero-order valence-electron chi connectivity index (χ0n) is 10.8. The fourth-order valence-corrected chi connectivity index (χ4v) is 1.11. The summed E-state index contributed by atoms with van der Waals surface area (Å²) in [5.41, 5.74) is 2.60. The van der Waals surface area contributed by atoms with Gasteiger partial charge in [-0.25, -0.2) is 4.39 Å². The van der Waals surface area contributed by atoms with Gasteiger partial charge in [0.2, 0.25) is 0 Å². The lowest BCUT2D eigenvalue weighted by molar-refractivity contribution is 0.203. The van der Waals surface area contributed by atoms with Gasteiger partial charge in [-0.15, -0.1) is 0 Å². The maximum atomic E-state index is 13.4. The molecule has 92 valence electrons. The highest BCUT2D eigenvalue weighted by Gasteiger charge is 2.14. The van der Waals surface area contributed by atoms with Gasteiger partial charge in [-0.1, -0.05) is 25.2 Å². The topological polar surface area (TPSA) is 24.4 Å². The molecule has 0 aromatic heterocycles. The maximum Gasteiger partial charge on any atom is 0.105 e. The quantitative estimate of drug-likeness (QED) is 0.400. The summed E-state index contributed by atoms with van der Waals surface area (Å²) in [4.78, 5) is 0. The zero-order valence-corrected chi connectivity index (χ0v) is 10.8. The summed E-state index contributed by atoms with van der Waals surface area (Å²) in [7, 11) is 1.75. The lowest BCUT2D eigenvalue weighted by Crippen LogP contribution is -2.11. The van der Waals surface area contributed by atoms with Gasteiger partial charge >= 0.3 is 0 Å². The number of hydrogen-bond acceptors (Lipinski definition) is 2. The minimum Gasteiger partial charge on any atom is -0.313 e. The first-order chi connectivity index (χ1) is 7.49. The van der Waals surface area contributed by atoms with E-state index >= 15 is 0 Å². The van der Waals surface area contributed by atoms with Gasteiger partial charge in [-0.3, -0.25) is 0 Å². The van der Waals surface area contributed by atoms with Crippen molar-refractivity contribution in [3.63, 3.8) is 0 Å². The Bertz CT molecular complexity index is 260. The van der Waals surface area contributed by atoms with E-state index < -0.39 is 5.67 Å². The highest BCUT2D eigenvalue weighted by molar-refractivity contribution is 5.78. The summed E-state index contributed by atoms with van der Waals surface area (Å²) in [6.07, 6.45) is 9.98. The Morgan fingerprint density at radius 2 is 2.12 bits per heavy atom. The van der Waals surface area contributed by atoms with Crippen molar-refractivity contribution in [2.45, 2.75) is 45.7 Å². The molecule has 0 fully saturated rings. The van der Waals surface area contributed by atoms with Crippen molar-refractivity contribution in [3.05, 3.63) is 23.8 Å². The maximum absolute atomic E-state index is 13.4. The highest BCUT2D eigenvalue weighted by Crippen LogP contribution is 2.18. The van der Waals surface area contributed by atoms with Crippen molar-refractivity contribution in [3.8, 4) is 0 Å². The molecule has 0 aliphatic carbocycles. The second-order valence-electron chi connectivity index (χ2n) is 4.28. The van der Waals surface area contributed by atoms with E-state index in [-0.39, 0.29) is 0 Å². The van der Waals surface area contributed by atoms with Gasteiger partial charge in [0.25, 0.3) is 0 Å². The molecule has 1 N–H and O–H groups in total. The SMILES string of the molecule is CC/C=C/C=C(\C=N/NC)CCC(C)(C)F. The first-order valence-electron chi connectivity index (χ1n) is 5.74. The molecule has 0 radical (unpaired) electrons. The molecular formula is C13H23FN2. The van der Waals surface area contributed by atoms with Gasteiger partial charge in [-0.2, -0.15) is 5.10 Å². The molecule has 0 spiro atoms. The average Bonchev–Trinajstić information content (AvgIpc) is 2.20. The predicted octanol–water partition coefficient (Wildman–Crippen LogP) is 3.61. The molecule has 0 heterocycles. The number of hydrazone groups is 1. The normalized spacial score (nSPS) is 13.9. The van der Waals surface area contributed by atoms with Gasteiger partial charge < -0.3 is 5.43 Å². The fraction of sp³-hybridized carbons (Fsp3) is 0.615. The first kappa shape index (κ1) is 14.9. The van der Waals surface area contributed by atoms with Crippen LogP contribution in [0.25, 0.3) is 0 Å². The number of alkyl halides is 1. The van der Waals surface area contributed by atoms with E-state index in [0.29, 0.717) is 12.8 Å². The fourth-order valence-electron chi connectivity index (χ4n) is 1.11. The second-order valence-corrected chi connectivity index (χ2v) is 4.28. The Balaban J connectivity index is 4.37. The van der Waals surface area contributed by atoms with Crippen LogP contribution in [-0.4, -0.2) is 18.9 Å². The summed E-state index contributed by atoms with van der Waals surface area (Å²) in [6.45, 7) is 5.28. The van der Waals surface area contributed by atoms with Gasteiger partial charge in [0.1, 0.15) is 5.67 Å². The van der Waals surface area contributed by atoms with Crippen LogP contribution in [0.1, 0.15) is 40.0 Å². The lowest BCUT2D eigenvalue weighted by atomic mass is 10.0. The second kappa shape index (κ2) is 8.08. The van der Waals surface area contributed by atoms with E-state index in [2.05, 4.69) is 23.5 Å². The molecule has 0 rings (SSSR count). The third-order valence-corrected chi connectivity index (χ3v) is 2.05. The summed E-state index contributed by atoms with van der Waals surface area (Å²) < 4.78 is 13.4. The monoisotopic (exact) mass is 226 g/mol. The molecule has 0 saturated heterocycles. The van der Waals surface area contributed by atoms with Crippen molar-refractivity contribution in [2.75, 3.05) is 7.05 Å². The molecule has 0 aliphatic heterocycles.